The second kappa shape index (κ2) is 40.0. The number of aliphatic hydroxyl groups excluding tert-OH is 3. The van der Waals surface area contributed by atoms with Crippen LogP contribution < -0.4 is 0 Å². The van der Waals surface area contributed by atoms with Gasteiger partial charge in [0.1, 0.15) is 51.7 Å². The van der Waals surface area contributed by atoms with Crippen LogP contribution in [0.25, 0.3) is 0 Å². The van der Waals surface area contributed by atoms with Crippen LogP contribution in [0.1, 0.15) is 204 Å². The largest absolute Gasteiger partial charge is 0.508 e. The third kappa shape index (κ3) is 20.7. The number of fused-ring (bicyclic) bond motifs is 4. The first-order chi connectivity index (χ1) is 59.6. The lowest BCUT2D eigenvalue weighted by Gasteiger charge is -2.33. The highest BCUT2D eigenvalue weighted by molar-refractivity contribution is 5.67. The summed E-state index contributed by atoms with van der Waals surface area (Å²) < 4.78 is 16.1. The maximum absolute atomic E-state index is 10.7. The van der Waals surface area contributed by atoms with Gasteiger partial charge in [-0.2, -0.15) is 0 Å². The molecule has 0 amide bonds. The van der Waals surface area contributed by atoms with E-state index in [2.05, 4.69) is 79.7 Å². The number of rotatable bonds is 24. The van der Waals surface area contributed by atoms with Crippen LogP contribution in [-0.2, 0) is 46.7 Å². The number of phenols is 13. The van der Waals surface area contributed by atoms with E-state index >= 15 is 0 Å². The zero-order valence-electron chi connectivity index (χ0n) is 74.9. The molecule has 666 valence electrons. The summed E-state index contributed by atoms with van der Waals surface area (Å²) in [5.74, 6) is 1.57. The van der Waals surface area contributed by atoms with Crippen molar-refractivity contribution >= 4 is 0 Å². The van der Waals surface area contributed by atoms with Crippen molar-refractivity contribution in [3.05, 3.63) is 347 Å². The van der Waals surface area contributed by atoms with Crippen molar-refractivity contribution in [3.63, 3.8) is 0 Å². The van der Waals surface area contributed by atoms with Crippen molar-refractivity contribution in [1.82, 2.24) is 0 Å². The summed E-state index contributed by atoms with van der Waals surface area (Å²) in [6.45, 7) is 32.8. The van der Waals surface area contributed by atoms with E-state index in [4.69, 9.17) is 29.5 Å². The fourth-order valence-corrected chi connectivity index (χ4v) is 18.1. The number of benzene rings is 12. The molecule has 12 aromatic carbocycles. The summed E-state index contributed by atoms with van der Waals surface area (Å²) in [4.78, 5) is 0. The molecular formula is C107H124O19. The maximum atomic E-state index is 10.7. The van der Waals surface area contributed by atoms with E-state index in [1.807, 2.05) is 152 Å². The standard InChI is InChI=1S/C29H28O3.C25H28O3.C21H24O4.C20H18O3.C12H26O6/c1-28(2,21-8-14-25(30)15-9-21)20-4-6-22(7-5-20)29(3,23-10-16-26(31)17-11-23)24-12-18-27(32)19-13-24;1-13-11-20(15(3)17(5)24(13)27)23(19-9-7-8-10-22(19)26)21-12-14(2)25(28)18(6)16(21)4;1-19(2)9-21(13-7-17(24)15(22)5-11(13)19)10-20(3,4)12-6-16(23)18(25)8-14(12)21;1-20(14-2-8-17(21)9-3-14,15-4-10-18(22)11-5-15)16-6-12-19(23)13-7-16;1-2-12(9-16-6-3-13,10-17-7-4-14)11-18-8-5-15/h4-19,30-32H,1-3H3;7-12,23,26-28H,1-6H3;5-8,22-25H,9-10H2,1-4H3;2-13,21-23H,1H3;13-15H,2-11H2,1H3. The number of ether oxygens (including phenoxy) is 3. The SMILES string of the molecule is CC(C)(c1ccc(O)cc1)c1ccc(C(C)(c2ccc(O)cc2)c2ccc(O)cc2)cc1.CC(c1ccc(O)cc1)(c1ccc(O)cc1)c1ccc(O)cc1.CC1(C)CC2(CC(C)(C)c3cc(O)c(O)cc32)c2cc(O)c(O)cc21.CCC(COCCO)(COCCO)COCCO.Cc1cc(C(c2ccccc2O)c2cc(C)c(O)c(C)c2C)c(C)c(C)c1O. The lowest BCUT2D eigenvalue weighted by molar-refractivity contribution is -0.0816. The van der Waals surface area contributed by atoms with Gasteiger partial charge < -0.3 is 95.9 Å². The molecule has 16 N–H and O–H groups in total. The molecule has 0 saturated carbocycles. The van der Waals surface area contributed by atoms with Gasteiger partial charge in [-0.15, -0.1) is 0 Å². The maximum Gasteiger partial charge on any atom is 0.157 e. The number of aryl methyl sites for hydroxylation is 2. The molecule has 19 heteroatoms. The van der Waals surface area contributed by atoms with Gasteiger partial charge in [0, 0.05) is 38.6 Å². The highest BCUT2D eigenvalue weighted by atomic mass is 16.5. The van der Waals surface area contributed by atoms with Gasteiger partial charge in [0.25, 0.3) is 0 Å². The first-order valence-corrected chi connectivity index (χ1v) is 42.5. The fourth-order valence-electron chi connectivity index (χ4n) is 18.1. The van der Waals surface area contributed by atoms with Crippen molar-refractivity contribution in [3.8, 4) is 74.7 Å². The topological polar surface area (TPSA) is 351 Å². The first kappa shape index (κ1) is 96.0. The quantitative estimate of drug-likeness (QED) is 0.0152. The van der Waals surface area contributed by atoms with Gasteiger partial charge in [-0.05, 0) is 300 Å². The Morgan fingerprint density at radius 2 is 0.563 bits per heavy atom. The van der Waals surface area contributed by atoms with Crippen molar-refractivity contribution in [2.24, 2.45) is 5.41 Å². The predicted molar refractivity (Wildman–Crippen MR) is 494 cm³/mol. The van der Waals surface area contributed by atoms with Gasteiger partial charge >= 0.3 is 0 Å². The second-order valence-electron chi connectivity index (χ2n) is 35.6. The monoisotopic (exact) mass is 1710 g/mol. The average Bonchev–Trinajstić information content (AvgIpc) is 1.52. The summed E-state index contributed by atoms with van der Waals surface area (Å²) in [7, 11) is 0. The van der Waals surface area contributed by atoms with Crippen LogP contribution in [0.3, 0.4) is 0 Å². The Labute approximate surface area is 740 Å². The summed E-state index contributed by atoms with van der Waals surface area (Å²) in [6.07, 6.45) is 2.42. The van der Waals surface area contributed by atoms with E-state index in [0.29, 0.717) is 31.3 Å². The molecule has 0 fully saturated rings. The molecule has 0 bridgehead atoms. The third-order valence-corrected chi connectivity index (χ3v) is 25.9. The van der Waals surface area contributed by atoms with Gasteiger partial charge in [-0.3, -0.25) is 0 Å². The zero-order valence-corrected chi connectivity index (χ0v) is 74.9. The molecule has 0 atom stereocenters. The Kier molecular flexibility index (Phi) is 30.5. The molecule has 0 aromatic heterocycles. The normalized spacial score (nSPS) is 13.5. The molecular weight excluding hydrogens is 1590 g/mol. The fraction of sp³-hybridized carbons (Fsp3) is 0.327. The van der Waals surface area contributed by atoms with Gasteiger partial charge in [-0.25, -0.2) is 0 Å². The summed E-state index contributed by atoms with van der Waals surface area (Å²) in [6, 6.07) is 69.9. The predicted octanol–water partition coefficient (Wildman–Crippen LogP) is 20.0. The minimum absolute atomic E-state index is 0.0191. The van der Waals surface area contributed by atoms with Crippen molar-refractivity contribution in [1.29, 1.82) is 0 Å². The Morgan fingerprint density at radius 3 is 0.833 bits per heavy atom. The molecule has 126 heavy (non-hydrogen) atoms. The molecule has 14 rings (SSSR count). The Hall–Kier alpha value is -12.2. The van der Waals surface area contributed by atoms with E-state index in [1.165, 1.54) is 5.56 Å². The smallest absolute Gasteiger partial charge is 0.157 e. The molecule has 0 unspecified atom stereocenters. The van der Waals surface area contributed by atoms with Crippen LogP contribution in [0.5, 0.6) is 74.7 Å². The Morgan fingerprint density at radius 1 is 0.310 bits per heavy atom. The number of hydrogen-bond acceptors (Lipinski definition) is 19. The van der Waals surface area contributed by atoms with Crippen LogP contribution in [0, 0.1) is 47.0 Å². The van der Waals surface area contributed by atoms with Crippen molar-refractivity contribution in [2.45, 2.75) is 162 Å². The number of hydrogen-bond donors (Lipinski definition) is 16. The van der Waals surface area contributed by atoms with E-state index < -0.39 is 10.8 Å². The summed E-state index contributed by atoms with van der Waals surface area (Å²) >= 11 is 0. The first-order valence-electron chi connectivity index (χ1n) is 42.5. The molecule has 0 aliphatic heterocycles. The lowest BCUT2D eigenvalue weighted by atomic mass is 9.70. The number of aliphatic hydroxyl groups is 3. The van der Waals surface area contributed by atoms with E-state index in [0.717, 1.165) is 131 Å². The van der Waals surface area contributed by atoms with Crippen LogP contribution >= 0.6 is 0 Å². The van der Waals surface area contributed by atoms with Gasteiger partial charge in [-0.1, -0.05) is 176 Å². The Bertz CT molecular complexity index is 5340. The van der Waals surface area contributed by atoms with E-state index in [1.54, 1.807) is 103 Å². The highest BCUT2D eigenvalue weighted by Gasteiger charge is 2.57. The molecule has 0 saturated heterocycles. The van der Waals surface area contributed by atoms with Gasteiger partial charge in [0.05, 0.1) is 59.5 Å². The molecule has 2 aliphatic carbocycles. The van der Waals surface area contributed by atoms with Crippen LogP contribution in [-0.4, -0.2) is 141 Å². The number of aromatic hydroxyl groups is 13. The van der Waals surface area contributed by atoms with E-state index in [-0.39, 0.29) is 136 Å². The highest BCUT2D eigenvalue weighted by Crippen LogP contribution is 2.65. The molecule has 0 radical (unpaired) electrons. The minimum atomic E-state index is -0.477. The van der Waals surface area contributed by atoms with Crippen molar-refractivity contribution in [2.75, 3.05) is 59.5 Å². The molecule has 1 spiro atoms. The lowest BCUT2D eigenvalue weighted by Crippen LogP contribution is -2.37. The van der Waals surface area contributed by atoms with Gasteiger partial charge in [0.15, 0.2) is 23.0 Å². The van der Waals surface area contributed by atoms with Crippen LogP contribution in [0.15, 0.2) is 231 Å². The number of para-hydroxylation sites is 1. The third-order valence-electron chi connectivity index (χ3n) is 25.9. The summed E-state index contributed by atoms with van der Waals surface area (Å²) in [5.41, 5.74) is 18.6. The molecule has 0 heterocycles. The van der Waals surface area contributed by atoms with Crippen LogP contribution in [0.2, 0.25) is 0 Å². The van der Waals surface area contributed by atoms with E-state index in [9.17, 15) is 66.4 Å². The molecule has 19 nitrogen and oxygen atoms in total. The van der Waals surface area contributed by atoms with Crippen LogP contribution in [0.4, 0.5) is 0 Å². The zero-order chi connectivity index (χ0) is 92.2. The van der Waals surface area contributed by atoms with Gasteiger partial charge in [0.2, 0.25) is 0 Å². The summed E-state index contributed by atoms with van der Waals surface area (Å²) in [5, 5.41) is 156. The molecule has 12 aromatic rings. The van der Waals surface area contributed by atoms with Crippen molar-refractivity contribution < 1.29 is 95.9 Å². The number of phenolic OH excluding ortho intramolecular Hbond substituents is 13. The average molecular weight is 1710 g/mol. The Balaban J connectivity index is 0.000000166. The minimum Gasteiger partial charge on any atom is -0.508 e. The second-order valence-corrected chi connectivity index (χ2v) is 35.6. The molecule has 2 aliphatic rings.